The summed E-state index contributed by atoms with van der Waals surface area (Å²) in [6.45, 7) is 5.12. The van der Waals surface area contributed by atoms with Crippen LogP contribution < -0.4 is 5.32 Å². The van der Waals surface area contributed by atoms with Crippen LogP contribution in [0.3, 0.4) is 0 Å². The molecule has 2 atom stereocenters. The number of amides is 1. The second kappa shape index (κ2) is 5.76. The number of piperazine rings is 1. The van der Waals surface area contributed by atoms with E-state index in [2.05, 4.69) is 17.1 Å². The molecule has 0 spiro atoms. The van der Waals surface area contributed by atoms with Gasteiger partial charge in [0, 0.05) is 38.8 Å². The molecule has 0 bridgehead atoms. The lowest BCUT2D eigenvalue weighted by atomic mass is 10.2. The van der Waals surface area contributed by atoms with Gasteiger partial charge in [0.2, 0.25) is 5.91 Å². The third-order valence-electron chi connectivity index (χ3n) is 3.96. The van der Waals surface area contributed by atoms with E-state index in [-0.39, 0.29) is 23.5 Å². The summed E-state index contributed by atoms with van der Waals surface area (Å²) in [5.41, 5.74) is 0. The molecule has 0 aromatic heterocycles. The van der Waals surface area contributed by atoms with Crippen LogP contribution in [-0.4, -0.2) is 80.9 Å². The van der Waals surface area contributed by atoms with Crippen LogP contribution in [0.1, 0.15) is 13.3 Å². The van der Waals surface area contributed by atoms with Gasteiger partial charge in [0.05, 0.1) is 18.1 Å². The minimum Gasteiger partial charge on any atom is -0.341 e. The van der Waals surface area contributed by atoms with Gasteiger partial charge in [-0.3, -0.25) is 9.69 Å². The molecule has 0 aromatic carbocycles. The van der Waals surface area contributed by atoms with Crippen molar-refractivity contribution < 1.29 is 13.2 Å². The molecule has 7 heteroatoms. The van der Waals surface area contributed by atoms with Crippen LogP contribution in [0.4, 0.5) is 0 Å². The highest BCUT2D eigenvalue weighted by Crippen LogP contribution is 2.16. The average Bonchev–Trinajstić information content (AvgIpc) is 2.68. The van der Waals surface area contributed by atoms with Crippen molar-refractivity contribution in [2.24, 2.45) is 0 Å². The van der Waals surface area contributed by atoms with E-state index >= 15 is 0 Å². The maximum Gasteiger partial charge on any atom is 0.236 e. The SMILES string of the molecule is CC1CN(CC(=O)N(C)C2CCS(=O)(=O)C2)CCN1. The summed E-state index contributed by atoms with van der Waals surface area (Å²) in [4.78, 5) is 15.9. The van der Waals surface area contributed by atoms with Crippen LogP contribution in [0.2, 0.25) is 0 Å². The Bertz CT molecular complexity index is 438. The zero-order valence-corrected chi connectivity index (χ0v) is 12.4. The van der Waals surface area contributed by atoms with Gasteiger partial charge in [-0.15, -0.1) is 0 Å². The second-order valence-corrected chi connectivity index (χ2v) is 7.88. The summed E-state index contributed by atoms with van der Waals surface area (Å²) in [6.07, 6.45) is 0.572. The van der Waals surface area contributed by atoms with Crippen molar-refractivity contribution in [3.8, 4) is 0 Å². The van der Waals surface area contributed by atoms with Crippen molar-refractivity contribution in [3.63, 3.8) is 0 Å². The zero-order chi connectivity index (χ0) is 14.0. The topological polar surface area (TPSA) is 69.7 Å². The number of likely N-dealkylation sites (N-methyl/N-ethyl adjacent to an activating group) is 1. The maximum absolute atomic E-state index is 12.2. The lowest BCUT2D eigenvalue weighted by molar-refractivity contribution is -0.133. The Balaban J connectivity index is 1.86. The normalized spacial score (nSPS) is 31.3. The smallest absolute Gasteiger partial charge is 0.236 e. The first-order valence-electron chi connectivity index (χ1n) is 6.79. The summed E-state index contributed by atoms with van der Waals surface area (Å²) in [7, 11) is -1.21. The van der Waals surface area contributed by atoms with Gasteiger partial charge in [-0.1, -0.05) is 0 Å². The third-order valence-corrected chi connectivity index (χ3v) is 5.71. The van der Waals surface area contributed by atoms with E-state index < -0.39 is 9.84 Å². The van der Waals surface area contributed by atoms with E-state index in [4.69, 9.17) is 0 Å². The van der Waals surface area contributed by atoms with E-state index in [0.717, 1.165) is 19.6 Å². The Morgan fingerprint density at radius 1 is 1.47 bits per heavy atom. The summed E-state index contributed by atoms with van der Waals surface area (Å²) in [5.74, 6) is 0.351. The number of sulfone groups is 1. The summed E-state index contributed by atoms with van der Waals surface area (Å²) < 4.78 is 22.9. The lowest BCUT2D eigenvalue weighted by Gasteiger charge is -2.33. The zero-order valence-electron chi connectivity index (χ0n) is 11.6. The van der Waals surface area contributed by atoms with Crippen molar-refractivity contribution in [1.29, 1.82) is 0 Å². The average molecular weight is 289 g/mol. The first-order chi connectivity index (χ1) is 8.87. The standard InChI is InChI=1S/C12H23N3O3S/c1-10-7-15(5-4-13-10)8-12(16)14(2)11-3-6-19(17,18)9-11/h10-11,13H,3-9H2,1-2H3. The van der Waals surface area contributed by atoms with Crippen LogP contribution in [0, 0.1) is 0 Å². The van der Waals surface area contributed by atoms with E-state index in [1.165, 1.54) is 0 Å². The first-order valence-corrected chi connectivity index (χ1v) is 8.61. The quantitative estimate of drug-likeness (QED) is 0.716. The molecule has 2 heterocycles. The highest BCUT2D eigenvalue weighted by Gasteiger charge is 2.33. The molecule has 2 saturated heterocycles. The van der Waals surface area contributed by atoms with Crippen LogP contribution >= 0.6 is 0 Å². The molecule has 2 aliphatic rings. The minimum absolute atomic E-state index is 0.0243. The van der Waals surface area contributed by atoms with E-state index in [1.807, 2.05) is 0 Å². The molecule has 0 aliphatic carbocycles. The third kappa shape index (κ3) is 3.90. The second-order valence-electron chi connectivity index (χ2n) is 5.65. The van der Waals surface area contributed by atoms with Gasteiger partial charge in [-0.25, -0.2) is 8.42 Å². The maximum atomic E-state index is 12.2. The molecule has 110 valence electrons. The summed E-state index contributed by atoms with van der Waals surface area (Å²) >= 11 is 0. The van der Waals surface area contributed by atoms with Gasteiger partial charge >= 0.3 is 0 Å². The molecule has 2 fully saturated rings. The van der Waals surface area contributed by atoms with Gasteiger partial charge < -0.3 is 10.2 Å². The fourth-order valence-corrected chi connectivity index (χ4v) is 4.52. The van der Waals surface area contributed by atoms with Gasteiger partial charge in [0.25, 0.3) is 0 Å². The number of nitrogens with zero attached hydrogens (tertiary/aromatic N) is 2. The molecule has 19 heavy (non-hydrogen) atoms. The monoisotopic (exact) mass is 289 g/mol. The number of carbonyl (C=O) groups excluding carboxylic acids is 1. The Kier molecular flexibility index (Phi) is 4.47. The molecule has 0 saturated carbocycles. The predicted molar refractivity (Wildman–Crippen MR) is 73.7 cm³/mol. The van der Waals surface area contributed by atoms with Gasteiger partial charge in [0.1, 0.15) is 0 Å². The summed E-state index contributed by atoms with van der Waals surface area (Å²) in [6, 6.07) is 0.261. The van der Waals surface area contributed by atoms with Gasteiger partial charge in [-0.05, 0) is 13.3 Å². The molecule has 6 nitrogen and oxygen atoms in total. The van der Waals surface area contributed by atoms with Crippen molar-refractivity contribution in [3.05, 3.63) is 0 Å². The van der Waals surface area contributed by atoms with Gasteiger partial charge in [-0.2, -0.15) is 0 Å². The van der Waals surface area contributed by atoms with Crippen molar-refractivity contribution in [2.45, 2.75) is 25.4 Å². The van der Waals surface area contributed by atoms with Gasteiger partial charge in [0.15, 0.2) is 9.84 Å². The number of rotatable bonds is 3. The fourth-order valence-electron chi connectivity index (χ4n) is 2.74. The molecular weight excluding hydrogens is 266 g/mol. The molecule has 1 amide bonds. The molecule has 0 radical (unpaired) electrons. The first kappa shape index (κ1) is 14.7. The molecule has 1 N–H and O–H groups in total. The number of hydrogen-bond donors (Lipinski definition) is 1. The molecular formula is C12H23N3O3S. The predicted octanol–water partition coefficient (Wildman–Crippen LogP) is -1.07. The summed E-state index contributed by atoms with van der Waals surface area (Å²) in [5, 5.41) is 3.33. The fraction of sp³-hybridized carbons (Fsp3) is 0.917. The van der Waals surface area contributed by atoms with E-state index in [9.17, 15) is 13.2 Å². The van der Waals surface area contributed by atoms with E-state index in [0.29, 0.717) is 19.0 Å². The van der Waals surface area contributed by atoms with Crippen LogP contribution in [0.25, 0.3) is 0 Å². The highest BCUT2D eigenvalue weighted by molar-refractivity contribution is 7.91. The Hall–Kier alpha value is -0.660. The van der Waals surface area contributed by atoms with Crippen LogP contribution in [-0.2, 0) is 14.6 Å². The Morgan fingerprint density at radius 2 is 2.21 bits per heavy atom. The Labute approximate surface area is 115 Å². The highest BCUT2D eigenvalue weighted by atomic mass is 32.2. The largest absolute Gasteiger partial charge is 0.341 e. The molecule has 2 aliphatic heterocycles. The van der Waals surface area contributed by atoms with Crippen LogP contribution in [0.15, 0.2) is 0 Å². The van der Waals surface area contributed by atoms with E-state index in [1.54, 1.807) is 11.9 Å². The number of hydrogen-bond acceptors (Lipinski definition) is 5. The molecule has 2 unspecified atom stereocenters. The van der Waals surface area contributed by atoms with Crippen LogP contribution in [0.5, 0.6) is 0 Å². The van der Waals surface area contributed by atoms with Crippen molar-refractivity contribution >= 4 is 15.7 Å². The minimum atomic E-state index is -2.93. The number of carbonyl (C=O) groups is 1. The number of nitrogens with one attached hydrogen (secondary N) is 1. The Morgan fingerprint density at radius 3 is 2.79 bits per heavy atom. The molecule has 0 aromatic rings. The van der Waals surface area contributed by atoms with Crippen molar-refractivity contribution in [1.82, 2.24) is 15.1 Å². The molecule has 2 rings (SSSR count). The lowest BCUT2D eigenvalue weighted by Crippen LogP contribution is -2.52. The van der Waals surface area contributed by atoms with Crippen molar-refractivity contribution in [2.75, 3.05) is 44.7 Å².